The van der Waals surface area contributed by atoms with Gasteiger partial charge in [-0.2, -0.15) is 0 Å². The molecular formula is C12H19NO2S. The molecule has 0 radical (unpaired) electrons. The van der Waals surface area contributed by atoms with Gasteiger partial charge in [-0.05, 0) is 19.4 Å². The van der Waals surface area contributed by atoms with E-state index in [2.05, 4.69) is 19.2 Å². The minimum absolute atomic E-state index is 0.392. The molecule has 0 fully saturated rings. The Morgan fingerprint density at radius 1 is 1.62 bits per heavy atom. The smallest absolute Gasteiger partial charge is 0.336 e. The highest BCUT2D eigenvalue weighted by Gasteiger charge is 2.07. The molecule has 0 spiro atoms. The zero-order valence-corrected chi connectivity index (χ0v) is 10.6. The van der Waals surface area contributed by atoms with Gasteiger partial charge < -0.3 is 10.4 Å². The van der Waals surface area contributed by atoms with Crippen LogP contribution in [0.15, 0.2) is 11.4 Å². The summed E-state index contributed by atoms with van der Waals surface area (Å²) < 4.78 is 0. The molecule has 4 heteroatoms. The Bertz CT molecular complexity index is 336. The molecular weight excluding hydrogens is 222 g/mol. The summed E-state index contributed by atoms with van der Waals surface area (Å²) in [4.78, 5) is 11.8. The zero-order chi connectivity index (χ0) is 12.0. The van der Waals surface area contributed by atoms with Crippen molar-refractivity contribution >= 4 is 17.3 Å². The van der Waals surface area contributed by atoms with Gasteiger partial charge in [0.25, 0.3) is 0 Å². The summed E-state index contributed by atoms with van der Waals surface area (Å²) in [6.07, 6.45) is 3.63. The largest absolute Gasteiger partial charge is 0.478 e. The fourth-order valence-electron chi connectivity index (χ4n) is 1.47. The predicted octanol–water partition coefficient (Wildman–Crippen LogP) is 3.11. The predicted molar refractivity (Wildman–Crippen MR) is 67.1 cm³/mol. The summed E-state index contributed by atoms with van der Waals surface area (Å²) >= 11 is 1.50. The molecule has 1 aromatic heterocycles. The molecule has 90 valence electrons. The molecule has 1 heterocycles. The summed E-state index contributed by atoms with van der Waals surface area (Å²) in [5.41, 5.74) is 0.392. The Hall–Kier alpha value is -0.870. The van der Waals surface area contributed by atoms with Crippen LogP contribution in [0.2, 0.25) is 0 Å². The molecule has 1 unspecified atom stereocenters. The standard InChI is InChI=1S/C12H19NO2S/c1-3-4-5-9(2)13-7-11-6-10(8-16-11)12(14)15/h6,8-9,13H,3-5,7H2,1-2H3,(H,14,15). The summed E-state index contributed by atoms with van der Waals surface area (Å²) in [5.74, 6) is -0.846. The van der Waals surface area contributed by atoms with Crippen LogP contribution in [0.4, 0.5) is 0 Å². The van der Waals surface area contributed by atoms with Gasteiger partial charge in [-0.15, -0.1) is 11.3 Å². The maximum Gasteiger partial charge on any atom is 0.336 e. The molecule has 0 aliphatic heterocycles. The van der Waals surface area contributed by atoms with Crippen LogP contribution in [-0.2, 0) is 6.54 Å². The first-order valence-corrected chi connectivity index (χ1v) is 6.55. The van der Waals surface area contributed by atoms with E-state index >= 15 is 0 Å². The topological polar surface area (TPSA) is 49.3 Å². The number of unbranched alkanes of at least 4 members (excludes halogenated alkanes) is 1. The van der Waals surface area contributed by atoms with Crippen LogP contribution < -0.4 is 5.32 Å². The van der Waals surface area contributed by atoms with E-state index in [0.29, 0.717) is 11.6 Å². The molecule has 0 bridgehead atoms. The fourth-order valence-corrected chi connectivity index (χ4v) is 2.28. The molecule has 1 rings (SSSR count). The number of thiophene rings is 1. The van der Waals surface area contributed by atoms with E-state index in [1.54, 1.807) is 11.4 Å². The van der Waals surface area contributed by atoms with E-state index in [9.17, 15) is 4.79 Å². The molecule has 1 aromatic rings. The van der Waals surface area contributed by atoms with Crippen molar-refractivity contribution in [3.05, 3.63) is 21.9 Å². The number of carboxylic acids is 1. The van der Waals surface area contributed by atoms with Gasteiger partial charge in [-0.1, -0.05) is 19.8 Å². The molecule has 0 saturated carbocycles. The van der Waals surface area contributed by atoms with E-state index in [1.165, 1.54) is 30.6 Å². The van der Waals surface area contributed by atoms with Crippen LogP contribution >= 0.6 is 11.3 Å². The zero-order valence-electron chi connectivity index (χ0n) is 9.82. The van der Waals surface area contributed by atoms with Gasteiger partial charge in [0.15, 0.2) is 0 Å². The lowest BCUT2D eigenvalue weighted by Crippen LogP contribution is -2.24. The quantitative estimate of drug-likeness (QED) is 0.771. The normalized spacial score (nSPS) is 12.6. The highest BCUT2D eigenvalue weighted by atomic mass is 32.1. The van der Waals surface area contributed by atoms with Crippen molar-refractivity contribution in [2.75, 3.05) is 0 Å². The number of carbonyl (C=O) groups is 1. The van der Waals surface area contributed by atoms with Crippen molar-refractivity contribution in [2.24, 2.45) is 0 Å². The van der Waals surface area contributed by atoms with E-state index in [-0.39, 0.29) is 0 Å². The Balaban J connectivity index is 2.33. The van der Waals surface area contributed by atoms with Crippen LogP contribution in [-0.4, -0.2) is 17.1 Å². The van der Waals surface area contributed by atoms with Gasteiger partial charge in [0.2, 0.25) is 0 Å². The lowest BCUT2D eigenvalue weighted by atomic mass is 10.1. The first-order chi connectivity index (χ1) is 7.63. The SMILES string of the molecule is CCCCC(C)NCc1cc(C(=O)O)cs1. The van der Waals surface area contributed by atoms with E-state index in [1.807, 2.05) is 0 Å². The summed E-state index contributed by atoms with van der Waals surface area (Å²) in [7, 11) is 0. The van der Waals surface area contributed by atoms with Gasteiger partial charge >= 0.3 is 5.97 Å². The van der Waals surface area contributed by atoms with Crippen LogP contribution in [0.3, 0.4) is 0 Å². The number of hydrogen-bond acceptors (Lipinski definition) is 3. The molecule has 1 atom stereocenters. The van der Waals surface area contributed by atoms with Crippen molar-refractivity contribution in [1.29, 1.82) is 0 Å². The van der Waals surface area contributed by atoms with Crippen molar-refractivity contribution in [1.82, 2.24) is 5.32 Å². The Morgan fingerprint density at radius 2 is 2.38 bits per heavy atom. The lowest BCUT2D eigenvalue weighted by Gasteiger charge is -2.11. The Kier molecular flexibility index (Phi) is 5.49. The van der Waals surface area contributed by atoms with Crippen molar-refractivity contribution < 1.29 is 9.90 Å². The van der Waals surface area contributed by atoms with Crippen LogP contribution in [0.1, 0.15) is 48.3 Å². The molecule has 0 amide bonds. The van der Waals surface area contributed by atoms with Crippen molar-refractivity contribution in [2.45, 2.75) is 45.7 Å². The molecule has 0 aliphatic rings. The van der Waals surface area contributed by atoms with E-state index in [4.69, 9.17) is 5.11 Å². The van der Waals surface area contributed by atoms with Crippen LogP contribution in [0, 0.1) is 0 Å². The minimum Gasteiger partial charge on any atom is -0.478 e. The van der Waals surface area contributed by atoms with E-state index in [0.717, 1.165) is 11.4 Å². The van der Waals surface area contributed by atoms with Crippen molar-refractivity contribution in [3.63, 3.8) is 0 Å². The maximum atomic E-state index is 10.7. The second kappa shape index (κ2) is 6.66. The first-order valence-electron chi connectivity index (χ1n) is 5.67. The third-order valence-electron chi connectivity index (χ3n) is 2.52. The monoisotopic (exact) mass is 241 g/mol. The van der Waals surface area contributed by atoms with Gasteiger partial charge in [0.05, 0.1) is 5.56 Å². The fraction of sp³-hybridized carbons (Fsp3) is 0.583. The first kappa shape index (κ1) is 13.2. The number of aromatic carboxylic acids is 1. The van der Waals surface area contributed by atoms with Gasteiger partial charge in [-0.3, -0.25) is 0 Å². The molecule has 2 N–H and O–H groups in total. The highest BCUT2D eigenvalue weighted by molar-refractivity contribution is 7.10. The summed E-state index contributed by atoms with van der Waals surface area (Å²) in [6, 6.07) is 2.24. The molecule has 0 aliphatic carbocycles. The second-order valence-electron chi connectivity index (χ2n) is 4.03. The molecule has 0 saturated heterocycles. The van der Waals surface area contributed by atoms with Gasteiger partial charge in [0.1, 0.15) is 0 Å². The third kappa shape index (κ3) is 4.33. The number of carboxylic acid groups (broad SMARTS) is 1. The maximum absolute atomic E-state index is 10.7. The molecule has 16 heavy (non-hydrogen) atoms. The minimum atomic E-state index is -0.846. The number of nitrogens with one attached hydrogen (secondary N) is 1. The second-order valence-corrected chi connectivity index (χ2v) is 5.03. The van der Waals surface area contributed by atoms with Gasteiger partial charge in [0, 0.05) is 22.8 Å². The van der Waals surface area contributed by atoms with Crippen molar-refractivity contribution in [3.8, 4) is 0 Å². The van der Waals surface area contributed by atoms with Gasteiger partial charge in [-0.25, -0.2) is 4.79 Å². The number of rotatable bonds is 7. The summed E-state index contributed by atoms with van der Waals surface area (Å²) in [5, 5.41) is 13.9. The Morgan fingerprint density at radius 3 is 2.94 bits per heavy atom. The Labute approximate surface area is 100 Å². The summed E-state index contributed by atoms with van der Waals surface area (Å²) in [6.45, 7) is 5.12. The third-order valence-corrected chi connectivity index (χ3v) is 3.45. The highest BCUT2D eigenvalue weighted by Crippen LogP contribution is 2.14. The number of hydrogen-bond donors (Lipinski definition) is 2. The molecule has 3 nitrogen and oxygen atoms in total. The molecule has 0 aromatic carbocycles. The lowest BCUT2D eigenvalue weighted by molar-refractivity contribution is 0.0697. The van der Waals surface area contributed by atoms with E-state index < -0.39 is 5.97 Å². The van der Waals surface area contributed by atoms with Crippen LogP contribution in [0.25, 0.3) is 0 Å². The average Bonchev–Trinajstić information content (AvgIpc) is 2.72. The van der Waals surface area contributed by atoms with Crippen LogP contribution in [0.5, 0.6) is 0 Å². The average molecular weight is 241 g/mol.